The minimum atomic E-state index is -3.90. The highest BCUT2D eigenvalue weighted by molar-refractivity contribution is 7.89. The van der Waals surface area contributed by atoms with Gasteiger partial charge in [0.2, 0.25) is 15.9 Å². The van der Waals surface area contributed by atoms with Crippen LogP contribution in [0.1, 0.15) is 12.0 Å². The Hall–Kier alpha value is -1.64. The Morgan fingerprint density at radius 2 is 1.86 bits per heavy atom. The second-order valence-electron chi connectivity index (χ2n) is 6.02. The Labute approximate surface area is 175 Å². The predicted molar refractivity (Wildman–Crippen MR) is 110 cm³/mol. The van der Waals surface area contributed by atoms with Gasteiger partial charge in [0.15, 0.2) is 0 Å². The van der Waals surface area contributed by atoms with Crippen molar-refractivity contribution in [1.29, 1.82) is 0 Å². The number of sulfonamides is 1. The number of hydrogen-bond donors (Lipinski definition) is 1. The number of benzene rings is 2. The summed E-state index contributed by atoms with van der Waals surface area (Å²) in [7, 11) is -2.33. The lowest BCUT2D eigenvalue weighted by Gasteiger charge is -2.22. The van der Waals surface area contributed by atoms with Gasteiger partial charge in [0.25, 0.3) is 0 Å². The van der Waals surface area contributed by atoms with Gasteiger partial charge in [-0.05, 0) is 36.2 Å². The molecule has 0 bridgehead atoms. The Morgan fingerprint density at radius 3 is 2.50 bits per heavy atom. The molecule has 6 nitrogen and oxygen atoms in total. The van der Waals surface area contributed by atoms with Gasteiger partial charge in [-0.3, -0.25) is 4.79 Å². The summed E-state index contributed by atoms with van der Waals surface area (Å²) in [5.41, 5.74) is 0.553. The second-order valence-corrected chi connectivity index (χ2v) is 8.80. The maximum atomic E-state index is 13.1. The molecule has 0 saturated carbocycles. The zero-order chi connectivity index (χ0) is 20.6. The summed E-state index contributed by atoms with van der Waals surface area (Å²) in [4.78, 5) is 12.4. The fourth-order valence-electron chi connectivity index (χ4n) is 2.47. The molecule has 9 heteroatoms. The zero-order valence-corrected chi connectivity index (χ0v) is 17.7. The molecule has 0 aliphatic carbocycles. The number of carbonyl (C=O) groups excluding carboxylic acids is 1. The van der Waals surface area contributed by atoms with Crippen LogP contribution >= 0.6 is 23.2 Å². The zero-order valence-electron chi connectivity index (χ0n) is 15.4. The van der Waals surface area contributed by atoms with Crippen molar-refractivity contribution in [2.75, 3.05) is 26.8 Å². The van der Waals surface area contributed by atoms with Crippen LogP contribution < -0.4 is 5.32 Å². The molecule has 0 atom stereocenters. The third kappa shape index (κ3) is 6.46. The van der Waals surface area contributed by atoms with Crippen LogP contribution in [-0.2, 0) is 26.1 Å². The lowest BCUT2D eigenvalue weighted by Crippen LogP contribution is -2.40. The van der Waals surface area contributed by atoms with E-state index in [0.29, 0.717) is 35.2 Å². The first kappa shape index (κ1) is 22.6. The summed E-state index contributed by atoms with van der Waals surface area (Å²) in [6.07, 6.45) is 0.636. The predicted octanol–water partition coefficient (Wildman–Crippen LogP) is 3.34. The van der Waals surface area contributed by atoms with Crippen molar-refractivity contribution < 1.29 is 17.9 Å². The molecule has 0 aliphatic rings. The van der Waals surface area contributed by atoms with Crippen LogP contribution in [0.2, 0.25) is 10.0 Å². The van der Waals surface area contributed by atoms with Crippen molar-refractivity contribution in [2.24, 2.45) is 0 Å². The van der Waals surface area contributed by atoms with Gasteiger partial charge in [-0.2, -0.15) is 4.31 Å². The SMILES string of the molecule is COCCCNC(=O)CN(Cc1ccc(Cl)cc1Cl)S(=O)(=O)c1ccccc1. The number of nitrogens with one attached hydrogen (secondary N) is 1. The first-order valence-corrected chi connectivity index (χ1v) is 10.8. The molecule has 0 heterocycles. The number of methoxy groups -OCH3 is 1. The lowest BCUT2D eigenvalue weighted by atomic mass is 10.2. The summed E-state index contributed by atoms with van der Waals surface area (Å²) in [5.74, 6) is -0.402. The van der Waals surface area contributed by atoms with Crippen LogP contribution in [0.4, 0.5) is 0 Å². The first-order chi connectivity index (χ1) is 13.3. The molecule has 0 fully saturated rings. The van der Waals surface area contributed by atoms with Crippen molar-refractivity contribution in [3.05, 3.63) is 64.1 Å². The number of nitrogens with zero attached hydrogens (tertiary/aromatic N) is 1. The van der Waals surface area contributed by atoms with Crippen LogP contribution in [-0.4, -0.2) is 45.4 Å². The Morgan fingerprint density at radius 1 is 1.14 bits per heavy atom. The highest BCUT2D eigenvalue weighted by atomic mass is 35.5. The van der Waals surface area contributed by atoms with Gasteiger partial charge in [0.05, 0.1) is 11.4 Å². The molecule has 2 rings (SSSR count). The van der Waals surface area contributed by atoms with E-state index >= 15 is 0 Å². The third-order valence-corrected chi connectivity index (χ3v) is 6.30. The van der Waals surface area contributed by atoms with Gasteiger partial charge in [-0.25, -0.2) is 8.42 Å². The molecule has 0 unspecified atom stereocenters. The molecule has 1 N–H and O–H groups in total. The number of halogens is 2. The molecular formula is C19H22Cl2N2O4S. The molecule has 2 aromatic rings. The van der Waals surface area contributed by atoms with Gasteiger partial charge in [0, 0.05) is 36.9 Å². The minimum Gasteiger partial charge on any atom is -0.385 e. The van der Waals surface area contributed by atoms with Crippen molar-refractivity contribution in [3.8, 4) is 0 Å². The number of amides is 1. The van der Waals surface area contributed by atoms with Crippen molar-refractivity contribution in [3.63, 3.8) is 0 Å². The summed E-state index contributed by atoms with van der Waals surface area (Å²) in [6.45, 7) is 0.516. The van der Waals surface area contributed by atoms with Crippen molar-refractivity contribution in [1.82, 2.24) is 9.62 Å². The molecule has 0 saturated heterocycles. The standard InChI is InChI=1S/C19H22Cl2N2O4S/c1-27-11-5-10-22-19(24)14-23(13-15-8-9-16(20)12-18(15)21)28(25,26)17-6-3-2-4-7-17/h2-4,6-9,12H,5,10-11,13-14H2,1H3,(H,22,24). The maximum Gasteiger partial charge on any atom is 0.243 e. The second kappa shape index (κ2) is 10.8. The quantitative estimate of drug-likeness (QED) is 0.570. The van der Waals surface area contributed by atoms with Gasteiger partial charge in [-0.1, -0.05) is 47.5 Å². The average molecular weight is 445 g/mol. The molecule has 0 aromatic heterocycles. The fourth-order valence-corrected chi connectivity index (χ4v) is 4.33. The van der Waals surface area contributed by atoms with E-state index in [1.165, 1.54) is 18.2 Å². The number of rotatable bonds is 10. The van der Waals surface area contributed by atoms with Gasteiger partial charge >= 0.3 is 0 Å². The van der Waals surface area contributed by atoms with E-state index in [2.05, 4.69) is 5.32 Å². The summed E-state index contributed by atoms with van der Waals surface area (Å²) < 4.78 is 32.2. The largest absolute Gasteiger partial charge is 0.385 e. The van der Waals surface area contributed by atoms with E-state index in [1.807, 2.05) is 0 Å². The molecular weight excluding hydrogens is 423 g/mol. The van der Waals surface area contributed by atoms with E-state index in [4.69, 9.17) is 27.9 Å². The first-order valence-electron chi connectivity index (χ1n) is 8.59. The smallest absolute Gasteiger partial charge is 0.243 e. The summed E-state index contributed by atoms with van der Waals surface area (Å²) in [6, 6.07) is 12.8. The van der Waals surface area contributed by atoms with E-state index in [-0.39, 0.29) is 18.0 Å². The van der Waals surface area contributed by atoms with Gasteiger partial charge < -0.3 is 10.1 Å². The van der Waals surface area contributed by atoms with Crippen LogP contribution in [0, 0.1) is 0 Å². The van der Waals surface area contributed by atoms with Gasteiger partial charge in [-0.15, -0.1) is 0 Å². The summed E-state index contributed by atoms with van der Waals surface area (Å²) in [5, 5.41) is 3.48. The molecule has 0 spiro atoms. The Kier molecular flexibility index (Phi) is 8.72. The van der Waals surface area contributed by atoms with Crippen LogP contribution in [0.15, 0.2) is 53.4 Å². The van der Waals surface area contributed by atoms with E-state index in [1.54, 1.807) is 37.4 Å². The van der Waals surface area contributed by atoms with Crippen LogP contribution in [0.25, 0.3) is 0 Å². The monoisotopic (exact) mass is 444 g/mol. The lowest BCUT2D eigenvalue weighted by molar-refractivity contribution is -0.121. The average Bonchev–Trinajstić information content (AvgIpc) is 2.67. The third-order valence-electron chi connectivity index (χ3n) is 3.91. The highest BCUT2D eigenvalue weighted by Gasteiger charge is 2.27. The number of ether oxygens (including phenoxy) is 1. The number of carbonyl (C=O) groups is 1. The molecule has 28 heavy (non-hydrogen) atoms. The fraction of sp³-hybridized carbons (Fsp3) is 0.316. The molecule has 0 radical (unpaired) electrons. The normalized spacial score (nSPS) is 11.6. The number of hydrogen-bond acceptors (Lipinski definition) is 4. The van der Waals surface area contributed by atoms with E-state index < -0.39 is 15.9 Å². The summed E-state index contributed by atoms with van der Waals surface area (Å²) >= 11 is 12.1. The van der Waals surface area contributed by atoms with E-state index in [0.717, 1.165) is 4.31 Å². The van der Waals surface area contributed by atoms with E-state index in [9.17, 15) is 13.2 Å². The van der Waals surface area contributed by atoms with Crippen LogP contribution in [0.5, 0.6) is 0 Å². The molecule has 1 amide bonds. The molecule has 0 aliphatic heterocycles. The maximum absolute atomic E-state index is 13.1. The highest BCUT2D eigenvalue weighted by Crippen LogP contribution is 2.25. The molecule has 2 aromatic carbocycles. The minimum absolute atomic E-state index is 0.0568. The Bertz CT molecular complexity index is 892. The van der Waals surface area contributed by atoms with Gasteiger partial charge in [0.1, 0.15) is 0 Å². The van der Waals surface area contributed by atoms with Crippen molar-refractivity contribution >= 4 is 39.1 Å². The Balaban J connectivity index is 2.23. The van der Waals surface area contributed by atoms with Crippen molar-refractivity contribution in [2.45, 2.75) is 17.9 Å². The molecule has 152 valence electrons. The van der Waals surface area contributed by atoms with Crippen LogP contribution in [0.3, 0.4) is 0 Å². The topological polar surface area (TPSA) is 75.7 Å².